The van der Waals surface area contributed by atoms with Crippen molar-refractivity contribution in [1.82, 2.24) is 9.78 Å². The summed E-state index contributed by atoms with van der Waals surface area (Å²) in [6.45, 7) is 1.03. The number of aromatic carboxylic acids is 1. The molecular weight excluding hydrogens is 352 g/mol. The van der Waals surface area contributed by atoms with E-state index in [9.17, 15) is 4.79 Å². The van der Waals surface area contributed by atoms with Crippen molar-refractivity contribution in [2.24, 2.45) is 0 Å². The normalized spacial score (nSPS) is 15.3. The van der Waals surface area contributed by atoms with Gasteiger partial charge in [-0.25, -0.2) is 4.79 Å². The van der Waals surface area contributed by atoms with E-state index in [-0.39, 0.29) is 6.79 Å². The summed E-state index contributed by atoms with van der Waals surface area (Å²) in [5.41, 5.74) is 5.03. The Morgan fingerprint density at radius 2 is 2.15 bits per heavy atom. The molecule has 7 heteroatoms. The highest BCUT2D eigenvalue weighted by Crippen LogP contribution is 2.27. The van der Waals surface area contributed by atoms with Gasteiger partial charge < -0.3 is 14.6 Å². The smallest absolute Gasteiger partial charge is 0.345 e. The van der Waals surface area contributed by atoms with Crippen molar-refractivity contribution in [2.45, 2.75) is 19.4 Å². The number of carbonyl (C=O) groups is 1. The third-order valence-corrected chi connectivity index (χ3v) is 5.13. The van der Waals surface area contributed by atoms with Gasteiger partial charge in [-0.2, -0.15) is 5.10 Å². The Hall–Kier alpha value is -3.02. The van der Waals surface area contributed by atoms with E-state index in [0.717, 1.165) is 47.0 Å². The highest BCUT2D eigenvalue weighted by atomic mass is 32.1. The van der Waals surface area contributed by atoms with Gasteiger partial charge in [-0.15, -0.1) is 17.1 Å². The molecule has 0 radical (unpaired) electrons. The van der Waals surface area contributed by atoms with E-state index in [1.165, 1.54) is 11.3 Å². The third kappa shape index (κ3) is 3.49. The van der Waals surface area contributed by atoms with E-state index in [1.54, 1.807) is 18.2 Å². The highest BCUT2D eigenvalue weighted by Gasteiger charge is 2.15. The first-order valence-electron chi connectivity index (χ1n) is 8.19. The second kappa shape index (κ2) is 7.07. The number of carboxylic acids is 1. The van der Waals surface area contributed by atoms with E-state index in [1.807, 2.05) is 29.1 Å². The zero-order valence-corrected chi connectivity index (χ0v) is 14.7. The number of hydrogen-bond acceptors (Lipinski definition) is 5. The van der Waals surface area contributed by atoms with Crippen molar-refractivity contribution in [1.29, 1.82) is 0 Å². The molecule has 0 saturated carbocycles. The number of aryl methyl sites for hydroxylation is 1. The molecule has 2 aromatic rings. The molecule has 0 atom stereocenters. The largest absolute Gasteiger partial charge is 0.477 e. The molecule has 0 unspecified atom stereocenters. The summed E-state index contributed by atoms with van der Waals surface area (Å²) in [6, 6.07) is 5.31. The van der Waals surface area contributed by atoms with Gasteiger partial charge in [0.25, 0.3) is 0 Å². The Balaban J connectivity index is 1.36. The van der Waals surface area contributed by atoms with Crippen LogP contribution in [0.5, 0.6) is 0 Å². The Morgan fingerprint density at radius 1 is 1.27 bits per heavy atom. The van der Waals surface area contributed by atoms with Crippen molar-refractivity contribution in [3.63, 3.8) is 0 Å². The Labute approximate surface area is 154 Å². The number of rotatable bonds is 6. The standard InChI is InChI=1S/C19H16N2O4S/c22-19(23)18-7-6-17(26-18)14-8-10-21(20-14)9-2-4-13-3-1-5-15-16(11-13)25-12-24-15/h3,5-8,10-11H,2,4,9,12H2,(H,22,23). The molecule has 0 spiro atoms. The Morgan fingerprint density at radius 3 is 3.00 bits per heavy atom. The van der Waals surface area contributed by atoms with Gasteiger partial charge in [0.1, 0.15) is 10.6 Å². The summed E-state index contributed by atoms with van der Waals surface area (Å²) in [6.07, 6.45) is 9.43. The molecule has 132 valence electrons. The molecule has 1 aliphatic carbocycles. The predicted molar refractivity (Wildman–Crippen MR) is 96.5 cm³/mol. The van der Waals surface area contributed by atoms with Crippen LogP contribution in [0.4, 0.5) is 0 Å². The van der Waals surface area contributed by atoms with Crippen LogP contribution in [0.3, 0.4) is 0 Å². The summed E-state index contributed by atoms with van der Waals surface area (Å²) < 4.78 is 12.7. The molecule has 0 saturated heterocycles. The van der Waals surface area contributed by atoms with Gasteiger partial charge in [-0.3, -0.25) is 4.68 Å². The minimum Gasteiger partial charge on any atom is -0.477 e. The fourth-order valence-electron chi connectivity index (χ4n) is 2.76. The minimum absolute atomic E-state index is 0.259. The van der Waals surface area contributed by atoms with Crippen molar-refractivity contribution in [3.8, 4) is 10.6 Å². The predicted octanol–water partition coefficient (Wildman–Crippen LogP) is 3.96. The molecule has 0 fully saturated rings. The summed E-state index contributed by atoms with van der Waals surface area (Å²) in [7, 11) is 0. The lowest BCUT2D eigenvalue weighted by atomic mass is 10.1. The molecule has 2 aromatic heterocycles. The van der Waals surface area contributed by atoms with E-state index in [4.69, 9.17) is 14.6 Å². The van der Waals surface area contributed by atoms with Crippen LogP contribution in [-0.2, 0) is 16.0 Å². The van der Waals surface area contributed by atoms with E-state index >= 15 is 0 Å². The number of nitrogens with zero attached hydrogens (tertiary/aromatic N) is 2. The molecule has 3 heterocycles. The van der Waals surface area contributed by atoms with Gasteiger partial charge in [0.15, 0.2) is 11.5 Å². The molecule has 0 amide bonds. The van der Waals surface area contributed by atoms with Gasteiger partial charge in [0.05, 0.1) is 4.88 Å². The minimum atomic E-state index is -0.908. The van der Waals surface area contributed by atoms with E-state index < -0.39 is 5.97 Å². The molecular formula is C19H16N2O4S. The first kappa shape index (κ1) is 16.4. The lowest BCUT2D eigenvalue weighted by Gasteiger charge is -2.03. The van der Waals surface area contributed by atoms with Crippen molar-refractivity contribution >= 4 is 17.3 Å². The summed E-state index contributed by atoms with van der Waals surface area (Å²) in [5.74, 6) is 0.577. The molecule has 0 bridgehead atoms. The SMILES string of the molecule is O=C(O)c1ccc(-c2ccn(CCCC3=CC4=C(C=C=C3)OCO4)n2)s1. The fourth-order valence-corrected chi connectivity index (χ4v) is 3.57. The summed E-state index contributed by atoms with van der Waals surface area (Å²) in [5, 5.41) is 13.6. The number of thiophene rings is 1. The van der Waals surface area contributed by atoms with Gasteiger partial charge in [-0.05, 0) is 48.8 Å². The molecule has 2 aliphatic rings. The molecule has 0 aromatic carbocycles. The van der Waals surface area contributed by atoms with Gasteiger partial charge in [0.2, 0.25) is 6.79 Å². The number of carboxylic acid groups (broad SMARTS) is 1. The zero-order valence-electron chi connectivity index (χ0n) is 13.8. The monoisotopic (exact) mass is 368 g/mol. The first-order valence-corrected chi connectivity index (χ1v) is 9.00. The van der Waals surface area contributed by atoms with Crippen LogP contribution in [0.25, 0.3) is 10.6 Å². The van der Waals surface area contributed by atoms with Crippen LogP contribution in [-0.4, -0.2) is 27.6 Å². The number of allylic oxidation sites excluding steroid dienone is 3. The Kier molecular flexibility index (Phi) is 4.48. The molecule has 1 N–H and O–H groups in total. The lowest BCUT2D eigenvalue weighted by Crippen LogP contribution is -1.99. The third-order valence-electron chi connectivity index (χ3n) is 4.03. The molecule has 1 aliphatic heterocycles. The summed E-state index contributed by atoms with van der Waals surface area (Å²) in [4.78, 5) is 12.2. The first-order chi connectivity index (χ1) is 12.7. The average molecular weight is 368 g/mol. The lowest BCUT2D eigenvalue weighted by molar-refractivity contribution is 0.0702. The van der Waals surface area contributed by atoms with E-state index in [2.05, 4.69) is 10.8 Å². The average Bonchev–Trinajstić information content (AvgIpc) is 3.34. The number of ether oxygens (including phenoxy) is 2. The highest BCUT2D eigenvalue weighted by molar-refractivity contribution is 7.17. The quantitative estimate of drug-likeness (QED) is 0.782. The fraction of sp³-hybridized carbons (Fsp3) is 0.211. The van der Waals surface area contributed by atoms with Crippen LogP contribution in [0.1, 0.15) is 22.5 Å². The summed E-state index contributed by atoms with van der Waals surface area (Å²) >= 11 is 1.23. The van der Waals surface area contributed by atoms with Crippen LogP contribution < -0.4 is 0 Å². The van der Waals surface area contributed by atoms with Gasteiger partial charge >= 0.3 is 5.97 Å². The van der Waals surface area contributed by atoms with Gasteiger partial charge in [0, 0.05) is 18.8 Å². The van der Waals surface area contributed by atoms with Crippen molar-refractivity contribution < 1.29 is 19.4 Å². The van der Waals surface area contributed by atoms with Gasteiger partial charge in [-0.1, -0.05) is 0 Å². The maximum atomic E-state index is 11.0. The van der Waals surface area contributed by atoms with Crippen LogP contribution in [0, 0.1) is 0 Å². The van der Waals surface area contributed by atoms with Crippen LogP contribution in [0.15, 0.2) is 65.4 Å². The second-order valence-electron chi connectivity index (χ2n) is 5.85. The maximum Gasteiger partial charge on any atom is 0.345 e. The number of aromatic nitrogens is 2. The van der Waals surface area contributed by atoms with E-state index in [0.29, 0.717) is 4.88 Å². The van der Waals surface area contributed by atoms with Crippen molar-refractivity contribution in [3.05, 3.63) is 70.3 Å². The second-order valence-corrected chi connectivity index (χ2v) is 6.93. The zero-order chi connectivity index (χ0) is 17.9. The molecule has 6 nitrogen and oxygen atoms in total. The molecule has 4 rings (SSSR count). The van der Waals surface area contributed by atoms with Crippen LogP contribution >= 0.6 is 11.3 Å². The topological polar surface area (TPSA) is 73.6 Å². The van der Waals surface area contributed by atoms with Crippen molar-refractivity contribution in [2.75, 3.05) is 6.79 Å². The Bertz CT molecular complexity index is 973. The van der Waals surface area contributed by atoms with Crippen LogP contribution in [0.2, 0.25) is 0 Å². The number of hydrogen-bond donors (Lipinski definition) is 1. The maximum absolute atomic E-state index is 11.0. The molecule has 26 heavy (non-hydrogen) atoms.